The molecule has 0 aliphatic heterocycles. The van der Waals surface area contributed by atoms with Gasteiger partial charge in [-0.25, -0.2) is 0 Å². The molecule has 0 aromatic carbocycles. The quantitative estimate of drug-likeness (QED) is 0.613. The summed E-state index contributed by atoms with van der Waals surface area (Å²) >= 11 is 0. The topological polar surface area (TPSA) is 46.2 Å². The van der Waals surface area contributed by atoms with E-state index in [9.17, 15) is 5.11 Å². The maximum Gasteiger partial charge on any atom is 0.0555 e. The van der Waals surface area contributed by atoms with Crippen LogP contribution in [0, 0.1) is 0 Å². The molecule has 2 nitrogen and oxygen atoms in total. The monoisotopic (exact) mass is 187 g/mol. The minimum Gasteiger partial charge on any atom is -0.393 e. The van der Waals surface area contributed by atoms with Crippen LogP contribution in [0.15, 0.2) is 0 Å². The van der Waals surface area contributed by atoms with E-state index in [4.69, 9.17) is 5.73 Å². The molecule has 0 amide bonds. The molecule has 0 fully saturated rings. The molecule has 0 unspecified atom stereocenters. The largest absolute Gasteiger partial charge is 0.393 e. The fourth-order valence-corrected chi connectivity index (χ4v) is 1.49. The highest BCUT2D eigenvalue weighted by atomic mass is 16.3. The first-order chi connectivity index (χ1) is 6.20. The zero-order chi connectivity index (χ0) is 10.1. The minimum absolute atomic E-state index is 0.174. The van der Waals surface area contributed by atoms with E-state index in [-0.39, 0.29) is 12.1 Å². The molecule has 0 spiro atoms. The van der Waals surface area contributed by atoms with Crippen LogP contribution >= 0.6 is 0 Å². The average molecular weight is 187 g/mol. The highest BCUT2D eigenvalue weighted by Gasteiger charge is 2.09. The van der Waals surface area contributed by atoms with Gasteiger partial charge in [-0.15, -0.1) is 0 Å². The summed E-state index contributed by atoms with van der Waals surface area (Å²) in [6.45, 7) is 4.31. The number of hydrogen-bond acceptors (Lipinski definition) is 2. The second-order valence-corrected chi connectivity index (χ2v) is 3.93. The van der Waals surface area contributed by atoms with Crippen LogP contribution < -0.4 is 5.73 Å². The van der Waals surface area contributed by atoms with Gasteiger partial charge in [0.1, 0.15) is 0 Å². The van der Waals surface area contributed by atoms with Gasteiger partial charge in [0.25, 0.3) is 0 Å². The number of aliphatic hydroxyl groups excluding tert-OH is 1. The highest BCUT2D eigenvalue weighted by Crippen LogP contribution is 2.09. The van der Waals surface area contributed by atoms with Crippen molar-refractivity contribution in [2.45, 2.75) is 70.9 Å². The Balaban J connectivity index is 3.35. The number of aliphatic hydroxyl groups is 1. The molecule has 0 saturated carbocycles. The zero-order valence-electron chi connectivity index (χ0n) is 9.13. The van der Waals surface area contributed by atoms with Gasteiger partial charge in [0.2, 0.25) is 0 Å². The summed E-state index contributed by atoms with van der Waals surface area (Å²) in [6.07, 6.45) is 7.21. The van der Waals surface area contributed by atoms with E-state index in [0.29, 0.717) is 0 Å². The van der Waals surface area contributed by atoms with Crippen molar-refractivity contribution in [3.05, 3.63) is 0 Å². The molecule has 0 radical (unpaired) electrons. The molecule has 80 valence electrons. The molecule has 3 N–H and O–H groups in total. The van der Waals surface area contributed by atoms with E-state index in [2.05, 4.69) is 13.8 Å². The molecular weight excluding hydrogens is 162 g/mol. The van der Waals surface area contributed by atoms with Crippen molar-refractivity contribution >= 4 is 0 Å². The lowest BCUT2D eigenvalue weighted by Crippen LogP contribution is -2.26. The van der Waals surface area contributed by atoms with Gasteiger partial charge >= 0.3 is 0 Å². The zero-order valence-corrected chi connectivity index (χ0v) is 9.13. The van der Waals surface area contributed by atoms with Gasteiger partial charge in [0.15, 0.2) is 0 Å². The molecule has 0 aromatic rings. The van der Waals surface area contributed by atoms with Crippen molar-refractivity contribution in [3.63, 3.8) is 0 Å². The number of rotatable bonds is 8. The van der Waals surface area contributed by atoms with Gasteiger partial charge in [-0.1, -0.05) is 39.5 Å². The summed E-state index contributed by atoms with van der Waals surface area (Å²) in [7, 11) is 0. The van der Waals surface area contributed by atoms with E-state index in [1.807, 2.05) is 0 Å². The molecule has 2 atom stereocenters. The molecular formula is C11H25NO. The lowest BCUT2D eigenvalue weighted by atomic mass is 10.0. The van der Waals surface area contributed by atoms with Gasteiger partial charge < -0.3 is 10.8 Å². The van der Waals surface area contributed by atoms with Gasteiger partial charge in [0, 0.05) is 6.04 Å². The van der Waals surface area contributed by atoms with Crippen LogP contribution in [0.5, 0.6) is 0 Å². The van der Waals surface area contributed by atoms with Crippen LogP contribution in [0.25, 0.3) is 0 Å². The first-order valence-electron chi connectivity index (χ1n) is 5.64. The van der Waals surface area contributed by atoms with Crippen molar-refractivity contribution in [1.29, 1.82) is 0 Å². The summed E-state index contributed by atoms with van der Waals surface area (Å²) in [5.74, 6) is 0. The summed E-state index contributed by atoms with van der Waals surface area (Å²) in [4.78, 5) is 0. The average Bonchev–Trinajstić information content (AvgIpc) is 2.11. The lowest BCUT2D eigenvalue weighted by molar-refractivity contribution is 0.141. The third-order valence-corrected chi connectivity index (χ3v) is 2.39. The Morgan fingerprint density at radius 1 is 1.08 bits per heavy atom. The van der Waals surface area contributed by atoms with E-state index < -0.39 is 0 Å². The molecule has 0 bridgehead atoms. The van der Waals surface area contributed by atoms with Crippen LogP contribution in [0.2, 0.25) is 0 Å². The molecule has 0 aliphatic rings. The van der Waals surface area contributed by atoms with Crippen molar-refractivity contribution < 1.29 is 5.11 Å². The first kappa shape index (κ1) is 12.9. The van der Waals surface area contributed by atoms with Crippen molar-refractivity contribution in [3.8, 4) is 0 Å². The fourth-order valence-electron chi connectivity index (χ4n) is 1.49. The van der Waals surface area contributed by atoms with Gasteiger partial charge in [-0.05, 0) is 19.3 Å². The third kappa shape index (κ3) is 8.26. The van der Waals surface area contributed by atoms with Crippen LogP contribution in [-0.4, -0.2) is 17.3 Å². The first-order valence-corrected chi connectivity index (χ1v) is 5.64. The number of unbranched alkanes of at least 4 members (excludes halogenated alkanes) is 2. The molecule has 0 aliphatic carbocycles. The molecule has 0 aromatic heterocycles. The summed E-state index contributed by atoms with van der Waals surface area (Å²) in [5.41, 5.74) is 5.87. The normalized spacial score (nSPS) is 15.7. The van der Waals surface area contributed by atoms with Crippen LogP contribution in [0.3, 0.4) is 0 Å². The van der Waals surface area contributed by atoms with Gasteiger partial charge in [0.05, 0.1) is 6.10 Å². The van der Waals surface area contributed by atoms with Gasteiger partial charge in [-0.2, -0.15) is 0 Å². The Labute approximate surface area is 82.5 Å². The fraction of sp³-hybridized carbons (Fsp3) is 1.00. The lowest BCUT2D eigenvalue weighted by Gasteiger charge is -2.15. The predicted molar refractivity (Wildman–Crippen MR) is 57.6 cm³/mol. The standard InChI is InChI=1S/C11H25NO/c1-3-5-7-10(12)9-11(13)8-6-4-2/h10-11,13H,3-9,12H2,1-2H3/t10-,11+/m0/s1. The summed E-state index contributed by atoms with van der Waals surface area (Å²) in [5, 5.41) is 9.57. The Hall–Kier alpha value is -0.0800. The molecule has 13 heavy (non-hydrogen) atoms. The number of nitrogens with two attached hydrogens (primary N) is 1. The van der Waals surface area contributed by atoms with E-state index in [1.165, 1.54) is 12.8 Å². The van der Waals surface area contributed by atoms with Crippen molar-refractivity contribution in [2.75, 3.05) is 0 Å². The van der Waals surface area contributed by atoms with E-state index in [0.717, 1.165) is 32.1 Å². The second-order valence-electron chi connectivity index (χ2n) is 3.93. The Kier molecular flexibility index (Phi) is 8.46. The highest BCUT2D eigenvalue weighted by molar-refractivity contribution is 4.67. The SMILES string of the molecule is CCCC[C@H](N)C[C@H](O)CCCC. The maximum atomic E-state index is 9.57. The van der Waals surface area contributed by atoms with E-state index in [1.54, 1.807) is 0 Å². The molecule has 0 saturated heterocycles. The molecule has 0 rings (SSSR count). The molecule has 0 heterocycles. The Morgan fingerprint density at radius 3 is 2.15 bits per heavy atom. The summed E-state index contributed by atoms with van der Waals surface area (Å²) < 4.78 is 0. The van der Waals surface area contributed by atoms with Crippen LogP contribution in [0.1, 0.15) is 58.8 Å². The van der Waals surface area contributed by atoms with Gasteiger partial charge in [-0.3, -0.25) is 0 Å². The predicted octanol–water partition coefficient (Wildman–Crippen LogP) is 2.45. The minimum atomic E-state index is -0.174. The van der Waals surface area contributed by atoms with E-state index >= 15 is 0 Å². The maximum absolute atomic E-state index is 9.57. The van der Waals surface area contributed by atoms with Crippen LogP contribution in [-0.2, 0) is 0 Å². The third-order valence-electron chi connectivity index (χ3n) is 2.39. The second kappa shape index (κ2) is 8.52. The van der Waals surface area contributed by atoms with Crippen molar-refractivity contribution in [2.24, 2.45) is 5.73 Å². The Morgan fingerprint density at radius 2 is 1.62 bits per heavy atom. The summed E-state index contributed by atoms with van der Waals surface area (Å²) in [6, 6.07) is 0.201. The number of hydrogen-bond donors (Lipinski definition) is 2. The molecule has 2 heteroatoms. The Bertz CT molecular complexity index is 94.3. The van der Waals surface area contributed by atoms with Crippen LogP contribution in [0.4, 0.5) is 0 Å². The van der Waals surface area contributed by atoms with Crippen molar-refractivity contribution in [1.82, 2.24) is 0 Å². The smallest absolute Gasteiger partial charge is 0.0555 e.